The molecule has 1 N–H and O–H groups in total. The van der Waals surface area contributed by atoms with Crippen LogP contribution in [0, 0.1) is 0 Å². The van der Waals surface area contributed by atoms with E-state index in [1.165, 1.54) is 0 Å². The number of nitrogens with zero attached hydrogens (tertiary/aromatic N) is 3. The highest BCUT2D eigenvalue weighted by Crippen LogP contribution is 2.18. The number of aliphatic hydroxyl groups excluding tert-OH is 1. The normalized spacial score (nSPS) is 31.2. The monoisotopic (exact) mass is 155 g/mol. The molecule has 11 heavy (non-hydrogen) atoms. The van der Waals surface area contributed by atoms with Crippen molar-refractivity contribution in [2.24, 2.45) is 5.11 Å². The van der Waals surface area contributed by atoms with E-state index in [1.807, 2.05) is 0 Å². The zero-order chi connectivity index (χ0) is 8.27. The molecular formula is C6H9N3O2. The van der Waals surface area contributed by atoms with Crippen molar-refractivity contribution in [2.45, 2.75) is 31.4 Å². The number of azide groups is 1. The van der Waals surface area contributed by atoms with Gasteiger partial charge in [0, 0.05) is 11.3 Å². The molecule has 0 saturated heterocycles. The third-order valence-corrected chi connectivity index (χ3v) is 1.82. The summed E-state index contributed by atoms with van der Waals surface area (Å²) < 4.78 is 0. The van der Waals surface area contributed by atoms with Crippen LogP contribution >= 0.6 is 0 Å². The Balaban J connectivity index is 2.65. The van der Waals surface area contributed by atoms with Gasteiger partial charge in [0.05, 0.1) is 6.04 Å². The van der Waals surface area contributed by atoms with Crippen LogP contribution in [0.5, 0.6) is 0 Å². The van der Waals surface area contributed by atoms with Gasteiger partial charge in [0.2, 0.25) is 0 Å². The van der Waals surface area contributed by atoms with E-state index < -0.39 is 12.1 Å². The minimum absolute atomic E-state index is 0.214. The molecule has 0 aliphatic heterocycles. The number of hydrogen-bond donors (Lipinski definition) is 1. The summed E-state index contributed by atoms with van der Waals surface area (Å²) in [5.74, 6) is -0.214. The Morgan fingerprint density at radius 3 is 3.09 bits per heavy atom. The number of carbonyl (C=O) groups excluding carboxylic acids is 1. The van der Waals surface area contributed by atoms with Gasteiger partial charge in [-0.1, -0.05) is 5.11 Å². The van der Waals surface area contributed by atoms with Gasteiger partial charge in [-0.05, 0) is 18.4 Å². The highest BCUT2D eigenvalue weighted by molar-refractivity contribution is 5.84. The maximum Gasteiger partial charge on any atom is 0.161 e. The van der Waals surface area contributed by atoms with Crippen molar-refractivity contribution in [1.29, 1.82) is 0 Å². The number of Topliss-reactive ketones (excluding diaryl/α,β-unsaturated/α-hetero) is 1. The molecule has 0 spiro atoms. The molecular weight excluding hydrogens is 146 g/mol. The Morgan fingerprint density at radius 2 is 2.45 bits per heavy atom. The van der Waals surface area contributed by atoms with Crippen LogP contribution in [0.2, 0.25) is 0 Å². The third-order valence-electron chi connectivity index (χ3n) is 1.82. The molecule has 1 saturated carbocycles. The summed E-state index contributed by atoms with van der Waals surface area (Å²) in [5, 5.41) is 12.5. The standard InChI is InChI=1S/C6H9N3O2/c7-9-8-4-2-1-3-5(10)6(4)11/h4,6,11H,1-3H2. The van der Waals surface area contributed by atoms with Crippen LogP contribution in [0.25, 0.3) is 10.4 Å². The lowest BCUT2D eigenvalue weighted by atomic mass is 9.92. The van der Waals surface area contributed by atoms with E-state index >= 15 is 0 Å². The first kappa shape index (κ1) is 8.04. The first-order chi connectivity index (χ1) is 5.25. The first-order valence-corrected chi connectivity index (χ1v) is 3.50. The van der Waals surface area contributed by atoms with Gasteiger partial charge in [0.25, 0.3) is 0 Å². The van der Waals surface area contributed by atoms with Gasteiger partial charge in [-0.25, -0.2) is 0 Å². The average molecular weight is 155 g/mol. The molecule has 0 aromatic heterocycles. The second-order valence-corrected chi connectivity index (χ2v) is 2.58. The summed E-state index contributed by atoms with van der Waals surface area (Å²) >= 11 is 0. The Labute approximate surface area is 63.6 Å². The molecule has 1 aliphatic rings. The quantitative estimate of drug-likeness (QED) is 0.344. The molecule has 0 aromatic rings. The first-order valence-electron chi connectivity index (χ1n) is 3.50. The highest BCUT2D eigenvalue weighted by Gasteiger charge is 2.28. The zero-order valence-corrected chi connectivity index (χ0v) is 5.97. The fourth-order valence-corrected chi connectivity index (χ4v) is 1.19. The van der Waals surface area contributed by atoms with E-state index in [-0.39, 0.29) is 5.78 Å². The Morgan fingerprint density at radius 1 is 1.73 bits per heavy atom. The van der Waals surface area contributed by atoms with Gasteiger partial charge in [-0.3, -0.25) is 4.79 Å². The average Bonchev–Trinajstić information content (AvgIpc) is 1.99. The van der Waals surface area contributed by atoms with Gasteiger partial charge >= 0.3 is 0 Å². The smallest absolute Gasteiger partial charge is 0.161 e. The van der Waals surface area contributed by atoms with Crippen LogP contribution in [0.15, 0.2) is 5.11 Å². The van der Waals surface area contributed by atoms with E-state index in [0.717, 1.165) is 0 Å². The van der Waals surface area contributed by atoms with Gasteiger partial charge in [-0.15, -0.1) is 0 Å². The van der Waals surface area contributed by atoms with Gasteiger partial charge in [0.15, 0.2) is 5.78 Å². The number of hydrogen-bond acceptors (Lipinski definition) is 3. The second-order valence-electron chi connectivity index (χ2n) is 2.58. The van der Waals surface area contributed by atoms with Gasteiger partial charge in [0.1, 0.15) is 6.10 Å². The molecule has 5 heteroatoms. The fourth-order valence-electron chi connectivity index (χ4n) is 1.19. The van der Waals surface area contributed by atoms with Crippen molar-refractivity contribution in [3.63, 3.8) is 0 Å². The van der Waals surface area contributed by atoms with Crippen LogP contribution < -0.4 is 0 Å². The minimum atomic E-state index is -1.07. The van der Waals surface area contributed by atoms with Crippen molar-refractivity contribution in [2.75, 3.05) is 0 Å². The molecule has 0 bridgehead atoms. The molecule has 60 valence electrons. The van der Waals surface area contributed by atoms with E-state index in [1.54, 1.807) is 0 Å². The van der Waals surface area contributed by atoms with E-state index in [2.05, 4.69) is 10.0 Å². The van der Waals surface area contributed by atoms with Crippen LogP contribution in [0.4, 0.5) is 0 Å². The molecule has 0 radical (unpaired) electrons. The van der Waals surface area contributed by atoms with Gasteiger partial charge in [-0.2, -0.15) is 0 Å². The third kappa shape index (κ3) is 1.69. The number of carbonyl (C=O) groups is 1. The molecule has 1 fully saturated rings. The highest BCUT2D eigenvalue weighted by atomic mass is 16.3. The molecule has 2 atom stereocenters. The number of rotatable bonds is 1. The summed E-state index contributed by atoms with van der Waals surface area (Å²) in [6, 6.07) is -0.541. The summed E-state index contributed by atoms with van der Waals surface area (Å²) in [7, 11) is 0. The SMILES string of the molecule is [N-]=[N+]=NC1CCCC(=O)C1O. The van der Waals surface area contributed by atoms with Crippen molar-refractivity contribution in [3.8, 4) is 0 Å². The second kappa shape index (κ2) is 3.37. The Hall–Kier alpha value is -1.06. The fraction of sp³-hybridized carbons (Fsp3) is 0.833. The lowest BCUT2D eigenvalue weighted by molar-refractivity contribution is -0.130. The Kier molecular flexibility index (Phi) is 2.46. The lowest BCUT2D eigenvalue weighted by Crippen LogP contribution is -2.36. The van der Waals surface area contributed by atoms with Crippen molar-refractivity contribution in [3.05, 3.63) is 10.4 Å². The number of ketones is 1. The van der Waals surface area contributed by atoms with Crippen molar-refractivity contribution in [1.82, 2.24) is 0 Å². The summed E-state index contributed by atoms with van der Waals surface area (Å²) in [6.45, 7) is 0. The van der Waals surface area contributed by atoms with E-state index in [9.17, 15) is 4.79 Å². The predicted octanol–water partition coefficient (Wildman–Crippen LogP) is 0.779. The van der Waals surface area contributed by atoms with E-state index in [4.69, 9.17) is 10.6 Å². The van der Waals surface area contributed by atoms with Crippen molar-refractivity contribution < 1.29 is 9.90 Å². The Bertz CT molecular complexity index is 210. The zero-order valence-electron chi connectivity index (χ0n) is 5.97. The largest absolute Gasteiger partial charge is 0.385 e. The predicted molar refractivity (Wildman–Crippen MR) is 37.8 cm³/mol. The molecule has 1 rings (SSSR count). The van der Waals surface area contributed by atoms with Gasteiger partial charge < -0.3 is 5.11 Å². The molecule has 0 aromatic carbocycles. The molecule has 2 unspecified atom stereocenters. The molecule has 0 amide bonds. The summed E-state index contributed by atoms with van der Waals surface area (Å²) in [6.07, 6.45) is 0.648. The minimum Gasteiger partial charge on any atom is -0.385 e. The van der Waals surface area contributed by atoms with E-state index in [0.29, 0.717) is 19.3 Å². The molecule has 5 nitrogen and oxygen atoms in total. The van der Waals surface area contributed by atoms with Crippen molar-refractivity contribution >= 4 is 5.78 Å². The summed E-state index contributed by atoms with van der Waals surface area (Å²) in [4.78, 5) is 13.4. The maximum absolute atomic E-state index is 10.8. The number of aliphatic hydroxyl groups is 1. The summed E-state index contributed by atoms with van der Waals surface area (Å²) in [5.41, 5.74) is 8.06. The molecule has 1 aliphatic carbocycles. The maximum atomic E-state index is 10.8. The van der Waals surface area contributed by atoms with Crippen LogP contribution in [0.1, 0.15) is 19.3 Å². The lowest BCUT2D eigenvalue weighted by Gasteiger charge is -2.21. The van der Waals surface area contributed by atoms with Crippen LogP contribution in [-0.4, -0.2) is 23.0 Å². The molecule has 0 heterocycles. The van der Waals surface area contributed by atoms with Crippen LogP contribution in [0.3, 0.4) is 0 Å². The van der Waals surface area contributed by atoms with Crippen LogP contribution in [-0.2, 0) is 4.79 Å². The topological polar surface area (TPSA) is 86.1 Å².